The molecule has 0 saturated heterocycles. The summed E-state index contributed by atoms with van der Waals surface area (Å²) in [6.07, 6.45) is -0.177. The van der Waals surface area contributed by atoms with Crippen molar-refractivity contribution in [2.45, 2.75) is 12.5 Å². The van der Waals surface area contributed by atoms with Crippen LogP contribution in [-0.4, -0.2) is 30.8 Å². The smallest absolute Gasteiger partial charge is 0.326 e. The number of aliphatic carboxylic acids is 1. The third kappa shape index (κ3) is 4.22. The average Bonchev–Trinajstić information content (AvgIpc) is 2.13. The predicted octanol–water partition coefficient (Wildman–Crippen LogP) is 0.303. The summed E-state index contributed by atoms with van der Waals surface area (Å²) in [5, 5.41) is 11.0. The summed E-state index contributed by atoms with van der Waals surface area (Å²) >= 11 is 0. The second kappa shape index (κ2) is 5.42. The molecule has 17 heavy (non-hydrogen) atoms. The van der Waals surface area contributed by atoms with Crippen molar-refractivity contribution in [2.75, 3.05) is 0 Å². The van der Waals surface area contributed by atoms with Gasteiger partial charge >= 0.3 is 5.97 Å². The van der Waals surface area contributed by atoms with Gasteiger partial charge in [-0.15, -0.1) is 0 Å². The van der Waals surface area contributed by atoms with Gasteiger partial charge < -0.3 is 10.4 Å². The van der Waals surface area contributed by atoms with E-state index in [4.69, 9.17) is 5.11 Å². The van der Waals surface area contributed by atoms with Gasteiger partial charge in [-0.1, -0.05) is 0 Å². The lowest BCUT2D eigenvalue weighted by atomic mass is 10.0. The Hall–Kier alpha value is -1.92. The molecular weight excluding hydrogens is 231 g/mol. The maximum atomic E-state index is 12.9. The van der Waals surface area contributed by atoms with E-state index in [-0.39, 0.29) is 12.0 Å². The summed E-state index contributed by atoms with van der Waals surface area (Å²) in [6.45, 7) is 0. The van der Waals surface area contributed by atoms with Crippen LogP contribution in [0, 0.1) is 11.6 Å². The molecule has 1 amide bonds. The van der Waals surface area contributed by atoms with Crippen LogP contribution in [0.25, 0.3) is 0 Å². The number of halogens is 2. The van der Waals surface area contributed by atoms with Crippen molar-refractivity contribution >= 4 is 19.6 Å². The molecule has 0 bridgehead atoms. The summed E-state index contributed by atoms with van der Waals surface area (Å²) in [5.41, 5.74) is 0.170. The Bertz CT molecular complexity index is 433. The van der Waals surface area contributed by atoms with Crippen molar-refractivity contribution in [2.24, 2.45) is 0 Å². The Labute approximate surface area is 97.0 Å². The van der Waals surface area contributed by atoms with Gasteiger partial charge in [-0.25, -0.2) is 13.6 Å². The van der Waals surface area contributed by atoms with E-state index in [0.717, 1.165) is 12.1 Å². The molecule has 0 saturated carbocycles. The first-order chi connectivity index (χ1) is 7.88. The Balaban J connectivity index is 2.85. The van der Waals surface area contributed by atoms with E-state index < -0.39 is 29.5 Å². The van der Waals surface area contributed by atoms with Crippen LogP contribution in [0.1, 0.15) is 5.56 Å². The fraction of sp³-hybridized carbons (Fsp3) is 0.200. The normalized spacial score (nSPS) is 11.9. The van der Waals surface area contributed by atoms with Crippen molar-refractivity contribution in [3.63, 3.8) is 0 Å². The minimum absolute atomic E-state index is 0.170. The molecule has 0 aliphatic carbocycles. The molecule has 1 rings (SSSR count). The average molecular weight is 241 g/mol. The van der Waals surface area contributed by atoms with Crippen molar-refractivity contribution in [1.29, 1.82) is 0 Å². The van der Waals surface area contributed by atoms with Gasteiger partial charge in [-0.3, -0.25) is 4.79 Å². The van der Waals surface area contributed by atoms with Crippen LogP contribution in [0.2, 0.25) is 0 Å². The van der Waals surface area contributed by atoms with Crippen molar-refractivity contribution in [3.8, 4) is 0 Å². The zero-order valence-electron chi connectivity index (χ0n) is 9.04. The number of carboxylic acid groups (broad SMARTS) is 1. The van der Waals surface area contributed by atoms with E-state index in [2.05, 4.69) is 5.32 Å². The van der Waals surface area contributed by atoms with Gasteiger partial charge in [0.05, 0.1) is 0 Å². The highest BCUT2D eigenvalue weighted by Crippen LogP contribution is 2.10. The van der Waals surface area contributed by atoms with E-state index in [1.54, 1.807) is 0 Å². The molecular formula is C10H10BF2NO3. The van der Waals surface area contributed by atoms with E-state index in [1.807, 2.05) is 0 Å². The molecule has 0 spiro atoms. The van der Waals surface area contributed by atoms with E-state index in [1.165, 1.54) is 7.85 Å². The fourth-order valence-corrected chi connectivity index (χ4v) is 1.41. The number of nitrogens with one attached hydrogen (secondary N) is 1. The molecule has 0 fully saturated rings. The molecule has 90 valence electrons. The van der Waals surface area contributed by atoms with Crippen LogP contribution in [0.3, 0.4) is 0 Å². The number of benzene rings is 1. The Morgan fingerprint density at radius 2 is 1.82 bits per heavy atom. The minimum atomic E-state index is -1.26. The zero-order chi connectivity index (χ0) is 13.0. The van der Waals surface area contributed by atoms with Crippen LogP contribution >= 0.6 is 0 Å². The number of hydrogen-bond acceptors (Lipinski definition) is 2. The third-order valence-corrected chi connectivity index (χ3v) is 2.04. The van der Waals surface area contributed by atoms with Gasteiger partial charge in [0.15, 0.2) is 5.81 Å². The van der Waals surface area contributed by atoms with Crippen molar-refractivity contribution in [1.82, 2.24) is 5.32 Å². The summed E-state index contributed by atoms with van der Waals surface area (Å²) < 4.78 is 25.7. The first-order valence-corrected chi connectivity index (χ1v) is 4.83. The molecule has 1 aromatic rings. The van der Waals surface area contributed by atoms with Gasteiger partial charge in [0.25, 0.3) is 0 Å². The summed E-state index contributed by atoms with van der Waals surface area (Å²) in [4.78, 5) is 21.6. The van der Waals surface area contributed by atoms with Crippen LogP contribution < -0.4 is 5.32 Å². The second-order valence-corrected chi connectivity index (χ2v) is 3.57. The first kappa shape index (κ1) is 13.2. The number of amides is 1. The molecule has 1 aromatic carbocycles. The molecule has 1 atom stereocenters. The number of carbonyl (C=O) groups is 2. The standard InChI is InChI=1S/C10H10BF2NO3/c11-10(17)14-8(9(15)16)3-5-1-6(12)4-7(13)2-5/h1-2,4,8H,3,11H2,(H,14,17)(H,15,16)/t8-/m0/s1. The monoisotopic (exact) mass is 241 g/mol. The highest BCUT2D eigenvalue weighted by molar-refractivity contribution is 6.57. The highest BCUT2D eigenvalue weighted by Gasteiger charge is 2.19. The molecule has 0 aromatic heterocycles. The van der Waals surface area contributed by atoms with Crippen LogP contribution in [0.15, 0.2) is 18.2 Å². The summed E-state index contributed by atoms with van der Waals surface area (Å²) in [7, 11) is 1.17. The summed E-state index contributed by atoms with van der Waals surface area (Å²) in [6, 6.07) is 1.55. The van der Waals surface area contributed by atoms with Gasteiger partial charge in [0, 0.05) is 12.5 Å². The Morgan fingerprint density at radius 1 is 1.29 bits per heavy atom. The third-order valence-electron chi connectivity index (χ3n) is 2.04. The van der Waals surface area contributed by atoms with E-state index >= 15 is 0 Å². The largest absolute Gasteiger partial charge is 0.480 e. The molecule has 0 radical (unpaired) electrons. The number of carboxylic acids is 1. The van der Waals surface area contributed by atoms with E-state index in [9.17, 15) is 18.4 Å². The lowest BCUT2D eigenvalue weighted by Gasteiger charge is -2.13. The molecule has 0 unspecified atom stereocenters. The second-order valence-electron chi connectivity index (χ2n) is 3.57. The van der Waals surface area contributed by atoms with Gasteiger partial charge in [-0.2, -0.15) is 0 Å². The maximum Gasteiger partial charge on any atom is 0.326 e. The SMILES string of the molecule is BC(=O)N[C@@H](Cc1cc(F)cc(F)c1)C(=O)O. The number of hydrogen-bond donors (Lipinski definition) is 2. The maximum absolute atomic E-state index is 12.9. The number of rotatable bonds is 4. The molecule has 0 aliphatic rings. The van der Waals surface area contributed by atoms with Gasteiger partial charge in [0.2, 0.25) is 7.85 Å². The van der Waals surface area contributed by atoms with Gasteiger partial charge in [-0.05, 0) is 17.7 Å². The fourth-order valence-electron chi connectivity index (χ4n) is 1.41. The first-order valence-electron chi connectivity index (χ1n) is 4.83. The molecule has 2 N–H and O–H groups in total. The van der Waals surface area contributed by atoms with E-state index in [0.29, 0.717) is 6.07 Å². The topological polar surface area (TPSA) is 66.4 Å². The predicted molar refractivity (Wildman–Crippen MR) is 58.6 cm³/mol. The Kier molecular flexibility index (Phi) is 4.20. The van der Waals surface area contributed by atoms with Crippen LogP contribution in [0.5, 0.6) is 0 Å². The summed E-state index contributed by atoms with van der Waals surface area (Å²) in [5.74, 6) is -3.35. The Morgan fingerprint density at radius 3 is 2.24 bits per heavy atom. The number of carbonyl (C=O) groups excluding carboxylic acids is 1. The zero-order valence-corrected chi connectivity index (χ0v) is 9.04. The lowest BCUT2D eigenvalue weighted by molar-refractivity contribution is -0.139. The quantitative estimate of drug-likeness (QED) is 0.745. The van der Waals surface area contributed by atoms with Crippen molar-refractivity contribution in [3.05, 3.63) is 35.4 Å². The molecule has 4 nitrogen and oxygen atoms in total. The van der Waals surface area contributed by atoms with Crippen LogP contribution in [-0.2, 0) is 11.2 Å². The lowest BCUT2D eigenvalue weighted by Crippen LogP contribution is -2.41. The molecule has 0 heterocycles. The van der Waals surface area contributed by atoms with Gasteiger partial charge in [0.1, 0.15) is 17.7 Å². The van der Waals surface area contributed by atoms with Crippen LogP contribution in [0.4, 0.5) is 13.6 Å². The highest BCUT2D eigenvalue weighted by atomic mass is 19.1. The van der Waals surface area contributed by atoms with Crippen molar-refractivity contribution < 1.29 is 23.5 Å². The molecule has 0 aliphatic heterocycles. The minimum Gasteiger partial charge on any atom is -0.480 e. The molecule has 7 heteroatoms.